The topological polar surface area (TPSA) is 43.6 Å². The molecule has 23 heavy (non-hydrogen) atoms. The molecule has 0 spiro atoms. The minimum Gasteiger partial charge on any atom is -0.326 e. The molecule has 120 valence electrons. The average Bonchev–Trinajstić information content (AvgIpc) is 2.84. The molecule has 0 radical (unpaired) electrons. The number of aryl methyl sites for hydroxylation is 1. The first-order chi connectivity index (χ1) is 10.9. The number of fused-ring (bicyclic) bond motifs is 1. The van der Waals surface area contributed by atoms with Crippen LogP contribution < -0.4 is 0 Å². The van der Waals surface area contributed by atoms with E-state index in [-0.39, 0.29) is 0 Å². The van der Waals surface area contributed by atoms with Crippen LogP contribution in [0.4, 0.5) is 13.2 Å². The van der Waals surface area contributed by atoms with Gasteiger partial charge in [-0.2, -0.15) is 13.2 Å². The van der Waals surface area contributed by atoms with Crippen molar-refractivity contribution in [3.8, 4) is 11.5 Å². The third kappa shape index (κ3) is 2.90. The van der Waals surface area contributed by atoms with E-state index in [0.717, 1.165) is 22.8 Å². The molecular formula is C15H13F3N4S. The second kappa shape index (κ2) is 5.84. The number of hydrogen-bond acceptors (Lipinski definition) is 4. The lowest BCUT2D eigenvalue weighted by Gasteiger charge is -2.07. The Labute approximate surface area is 134 Å². The second-order valence-corrected chi connectivity index (χ2v) is 6.17. The molecule has 0 atom stereocenters. The molecule has 0 saturated carbocycles. The Morgan fingerprint density at radius 2 is 2.04 bits per heavy atom. The van der Waals surface area contributed by atoms with E-state index in [9.17, 15) is 13.2 Å². The SMILES string of the molecule is CCSc1cncnc1-c1nc2cc(C(F)(F)F)ccc2n1C. The quantitative estimate of drug-likeness (QED) is 0.673. The number of alkyl halides is 3. The molecule has 0 amide bonds. The van der Waals surface area contributed by atoms with Crippen LogP contribution >= 0.6 is 11.8 Å². The number of hydrogen-bond donors (Lipinski definition) is 0. The molecule has 4 nitrogen and oxygen atoms in total. The van der Waals surface area contributed by atoms with Gasteiger partial charge in [-0.15, -0.1) is 11.8 Å². The van der Waals surface area contributed by atoms with Gasteiger partial charge in [0.25, 0.3) is 0 Å². The molecule has 3 rings (SSSR count). The maximum absolute atomic E-state index is 12.9. The van der Waals surface area contributed by atoms with E-state index >= 15 is 0 Å². The zero-order valence-corrected chi connectivity index (χ0v) is 13.2. The van der Waals surface area contributed by atoms with Gasteiger partial charge < -0.3 is 4.57 Å². The van der Waals surface area contributed by atoms with E-state index in [1.165, 1.54) is 12.4 Å². The summed E-state index contributed by atoms with van der Waals surface area (Å²) in [5.41, 5.74) is 0.835. The monoisotopic (exact) mass is 338 g/mol. The van der Waals surface area contributed by atoms with Crippen LogP contribution in [0.25, 0.3) is 22.6 Å². The van der Waals surface area contributed by atoms with Crippen molar-refractivity contribution in [3.05, 3.63) is 36.3 Å². The Kier molecular flexibility index (Phi) is 4.01. The van der Waals surface area contributed by atoms with Gasteiger partial charge in [-0.3, -0.25) is 0 Å². The van der Waals surface area contributed by atoms with Crippen molar-refractivity contribution in [3.63, 3.8) is 0 Å². The van der Waals surface area contributed by atoms with Crippen molar-refractivity contribution < 1.29 is 13.2 Å². The molecule has 3 aromatic rings. The number of halogens is 3. The molecule has 0 bridgehead atoms. The maximum Gasteiger partial charge on any atom is 0.416 e. The van der Waals surface area contributed by atoms with Gasteiger partial charge in [0.15, 0.2) is 5.82 Å². The smallest absolute Gasteiger partial charge is 0.326 e. The molecule has 2 heterocycles. The zero-order chi connectivity index (χ0) is 16.6. The Morgan fingerprint density at radius 3 is 2.74 bits per heavy atom. The number of benzene rings is 1. The summed E-state index contributed by atoms with van der Waals surface area (Å²) in [5.74, 6) is 1.36. The van der Waals surface area contributed by atoms with Crippen LogP contribution in [0.15, 0.2) is 35.6 Å². The van der Waals surface area contributed by atoms with E-state index in [0.29, 0.717) is 22.6 Å². The van der Waals surface area contributed by atoms with E-state index in [1.54, 1.807) is 29.6 Å². The van der Waals surface area contributed by atoms with Crippen molar-refractivity contribution in [1.29, 1.82) is 0 Å². The van der Waals surface area contributed by atoms with Crippen molar-refractivity contribution in [1.82, 2.24) is 19.5 Å². The summed E-state index contributed by atoms with van der Waals surface area (Å²) < 4.78 is 40.3. The van der Waals surface area contributed by atoms with Crippen molar-refractivity contribution in [2.24, 2.45) is 7.05 Å². The first-order valence-corrected chi connectivity index (χ1v) is 7.87. The van der Waals surface area contributed by atoms with Crippen LogP contribution in [0, 0.1) is 0 Å². The summed E-state index contributed by atoms with van der Waals surface area (Å²) in [5, 5.41) is 0. The lowest BCUT2D eigenvalue weighted by Crippen LogP contribution is -2.04. The second-order valence-electron chi connectivity index (χ2n) is 4.86. The highest BCUT2D eigenvalue weighted by Crippen LogP contribution is 2.34. The average molecular weight is 338 g/mol. The van der Waals surface area contributed by atoms with Gasteiger partial charge in [-0.05, 0) is 24.0 Å². The highest BCUT2D eigenvalue weighted by atomic mass is 32.2. The molecule has 0 aliphatic carbocycles. The van der Waals surface area contributed by atoms with Crippen molar-refractivity contribution in [2.75, 3.05) is 5.75 Å². The van der Waals surface area contributed by atoms with E-state index in [4.69, 9.17) is 0 Å². The Hall–Kier alpha value is -2.09. The van der Waals surface area contributed by atoms with Crippen LogP contribution in [-0.4, -0.2) is 25.3 Å². The van der Waals surface area contributed by atoms with Gasteiger partial charge in [0.2, 0.25) is 0 Å². The van der Waals surface area contributed by atoms with Crippen LogP contribution in [0.1, 0.15) is 12.5 Å². The lowest BCUT2D eigenvalue weighted by molar-refractivity contribution is -0.137. The summed E-state index contributed by atoms with van der Waals surface area (Å²) in [6.07, 6.45) is -1.28. The van der Waals surface area contributed by atoms with Crippen LogP contribution in [-0.2, 0) is 13.2 Å². The molecular weight excluding hydrogens is 325 g/mol. The number of imidazole rings is 1. The highest BCUT2D eigenvalue weighted by Gasteiger charge is 2.31. The molecule has 0 N–H and O–H groups in total. The Bertz CT molecular complexity index is 858. The molecule has 0 saturated heterocycles. The van der Waals surface area contributed by atoms with Gasteiger partial charge in [0.05, 0.1) is 21.5 Å². The number of rotatable bonds is 3. The lowest BCUT2D eigenvalue weighted by atomic mass is 10.2. The van der Waals surface area contributed by atoms with Gasteiger partial charge in [0.1, 0.15) is 12.0 Å². The fourth-order valence-electron chi connectivity index (χ4n) is 2.33. The van der Waals surface area contributed by atoms with Crippen LogP contribution in [0.2, 0.25) is 0 Å². The predicted octanol–water partition coefficient (Wildman–Crippen LogP) is 4.16. The standard InChI is InChI=1S/C15H13F3N4S/c1-3-23-12-7-19-8-20-13(12)14-21-10-6-9(15(16,17)18)4-5-11(10)22(14)2/h4-8H,3H2,1-2H3. The predicted molar refractivity (Wildman–Crippen MR) is 83.1 cm³/mol. The molecule has 2 aromatic heterocycles. The normalized spacial score (nSPS) is 12.0. The van der Waals surface area contributed by atoms with E-state index in [2.05, 4.69) is 15.0 Å². The van der Waals surface area contributed by atoms with Gasteiger partial charge in [0, 0.05) is 13.2 Å². The van der Waals surface area contributed by atoms with Crippen molar-refractivity contribution in [2.45, 2.75) is 18.0 Å². The fourth-order valence-corrected chi connectivity index (χ4v) is 3.06. The summed E-state index contributed by atoms with van der Waals surface area (Å²) >= 11 is 1.56. The van der Waals surface area contributed by atoms with Crippen LogP contribution in [0.5, 0.6) is 0 Å². The van der Waals surface area contributed by atoms with Gasteiger partial charge in [-0.1, -0.05) is 6.92 Å². The molecule has 8 heteroatoms. The molecule has 0 fully saturated rings. The highest BCUT2D eigenvalue weighted by molar-refractivity contribution is 7.99. The Balaban J connectivity index is 2.18. The molecule has 0 unspecified atom stereocenters. The zero-order valence-electron chi connectivity index (χ0n) is 12.4. The largest absolute Gasteiger partial charge is 0.416 e. The van der Waals surface area contributed by atoms with Crippen LogP contribution in [0.3, 0.4) is 0 Å². The molecule has 1 aromatic carbocycles. The summed E-state index contributed by atoms with van der Waals surface area (Å²) in [6.45, 7) is 2.01. The molecule has 0 aliphatic heterocycles. The first kappa shape index (κ1) is 15.8. The third-order valence-corrected chi connectivity index (χ3v) is 4.30. The number of nitrogens with zero attached hydrogens (tertiary/aromatic N) is 4. The van der Waals surface area contributed by atoms with Crippen molar-refractivity contribution >= 4 is 22.8 Å². The van der Waals surface area contributed by atoms with E-state index in [1.807, 2.05) is 6.92 Å². The third-order valence-electron chi connectivity index (χ3n) is 3.40. The minimum absolute atomic E-state index is 0.295. The fraction of sp³-hybridized carbons (Fsp3) is 0.267. The van der Waals surface area contributed by atoms with Gasteiger partial charge in [-0.25, -0.2) is 15.0 Å². The Morgan fingerprint density at radius 1 is 1.26 bits per heavy atom. The van der Waals surface area contributed by atoms with E-state index < -0.39 is 11.7 Å². The van der Waals surface area contributed by atoms with Gasteiger partial charge >= 0.3 is 6.18 Å². The summed E-state index contributed by atoms with van der Waals surface area (Å²) in [7, 11) is 1.76. The summed E-state index contributed by atoms with van der Waals surface area (Å²) in [6, 6.07) is 3.56. The minimum atomic E-state index is -4.38. The number of aromatic nitrogens is 4. The molecule has 0 aliphatic rings. The first-order valence-electron chi connectivity index (χ1n) is 6.88. The number of thioether (sulfide) groups is 1. The summed E-state index contributed by atoms with van der Waals surface area (Å²) in [4.78, 5) is 13.5. The maximum atomic E-state index is 12.9.